The Kier molecular flexibility index (Phi) is 8.19. The van der Waals surface area contributed by atoms with Crippen molar-refractivity contribution in [2.24, 2.45) is 10.8 Å². The molecule has 0 aromatic heterocycles. The van der Waals surface area contributed by atoms with E-state index >= 15 is 4.39 Å². The van der Waals surface area contributed by atoms with Crippen molar-refractivity contribution in [3.05, 3.63) is 35.9 Å². The topological polar surface area (TPSA) is 91.3 Å². The van der Waals surface area contributed by atoms with Gasteiger partial charge in [0.05, 0.1) is 17.4 Å². The second-order valence-corrected chi connectivity index (χ2v) is 9.74. The maximum absolute atomic E-state index is 15.2. The van der Waals surface area contributed by atoms with Gasteiger partial charge in [-0.25, -0.2) is 4.39 Å². The van der Waals surface area contributed by atoms with Gasteiger partial charge in [0.2, 0.25) is 0 Å². The highest BCUT2D eigenvalue weighted by atomic mass is 19.1. The molecule has 8 heteroatoms. The second-order valence-electron chi connectivity index (χ2n) is 9.74. The molecule has 0 aliphatic carbocycles. The number of aliphatic hydroxyl groups excluding tert-OH is 1. The third-order valence-electron chi connectivity index (χ3n) is 4.70. The lowest BCUT2D eigenvalue weighted by Crippen LogP contribution is -2.59. The van der Waals surface area contributed by atoms with Crippen molar-refractivity contribution < 1.29 is 38.0 Å². The number of hydrogen-bond donors (Lipinski definition) is 1. The van der Waals surface area contributed by atoms with E-state index in [4.69, 9.17) is 18.9 Å². The number of hydrogen-bond acceptors (Lipinski definition) is 7. The minimum absolute atomic E-state index is 0.0912. The SMILES string of the molecule is CC(C)(C)C(=O)OCC1OC(OCc2ccccc2)C(O)C(OC(=O)C(C)(C)C)C1F. The predicted molar refractivity (Wildman–Crippen MR) is 111 cm³/mol. The van der Waals surface area contributed by atoms with E-state index in [1.54, 1.807) is 41.5 Å². The summed E-state index contributed by atoms with van der Waals surface area (Å²) in [6.45, 7) is 9.59. The summed E-state index contributed by atoms with van der Waals surface area (Å²) in [5.41, 5.74) is -0.854. The van der Waals surface area contributed by atoms with Crippen LogP contribution in [0.2, 0.25) is 0 Å². The van der Waals surface area contributed by atoms with Crippen molar-refractivity contribution in [2.75, 3.05) is 6.61 Å². The van der Waals surface area contributed by atoms with Gasteiger partial charge in [-0.3, -0.25) is 9.59 Å². The molecule has 0 radical (unpaired) electrons. The lowest BCUT2D eigenvalue weighted by atomic mass is 9.95. The summed E-state index contributed by atoms with van der Waals surface area (Å²) >= 11 is 0. The number of aliphatic hydroxyl groups is 1. The molecule has 1 aromatic rings. The van der Waals surface area contributed by atoms with Crippen LogP contribution in [-0.4, -0.2) is 54.4 Å². The van der Waals surface area contributed by atoms with E-state index in [-0.39, 0.29) is 6.61 Å². The predicted octanol–water partition coefficient (Wildman–Crippen LogP) is 3.17. The van der Waals surface area contributed by atoms with E-state index in [1.165, 1.54) is 0 Å². The zero-order valence-corrected chi connectivity index (χ0v) is 19.0. The molecule has 5 unspecified atom stereocenters. The Morgan fingerprint density at radius 3 is 2.16 bits per heavy atom. The number of carbonyl (C=O) groups is 2. The average molecular weight is 441 g/mol. The number of rotatable bonds is 6. The lowest BCUT2D eigenvalue weighted by Gasteiger charge is -2.41. The quantitative estimate of drug-likeness (QED) is 0.680. The van der Waals surface area contributed by atoms with E-state index in [0.717, 1.165) is 5.56 Å². The standard InChI is InChI=1S/C23H33FO7/c1-22(2,3)20(26)29-13-15-16(24)18(31-21(27)23(4,5)6)17(25)19(30-15)28-12-14-10-8-7-9-11-14/h7-11,15-19,25H,12-13H2,1-6H3. The summed E-state index contributed by atoms with van der Waals surface area (Å²) in [5, 5.41) is 10.6. The Balaban J connectivity index is 2.16. The summed E-state index contributed by atoms with van der Waals surface area (Å²) in [5.74, 6) is -1.20. The Labute approximate surface area is 182 Å². The Hall–Kier alpha value is -2.03. The third kappa shape index (κ3) is 6.98. The van der Waals surface area contributed by atoms with E-state index < -0.39 is 60.1 Å². The van der Waals surface area contributed by atoms with Gasteiger partial charge in [0.15, 0.2) is 18.6 Å². The molecular formula is C23H33FO7. The Morgan fingerprint density at radius 2 is 1.61 bits per heavy atom. The van der Waals surface area contributed by atoms with E-state index in [1.807, 2.05) is 30.3 Å². The molecular weight excluding hydrogens is 407 g/mol. The first kappa shape index (κ1) is 25.2. The van der Waals surface area contributed by atoms with Crippen LogP contribution in [0.15, 0.2) is 30.3 Å². The number of esters is 2. The van der Waals surface area contributed by atoms with Gasteiger partial charge in [-0.1, -0.05) is 30.3 Å². The molecule has 0 bridgehead atoms. The molecule has 1 fully saturated rings. The molecule has 1 aliphatic heterocycles. The summed E-state index contributed by atoms with van der Waals surface area (Å²) in [7, 11) is 0. The minimum Gasteiger partial charge on any atom is -0.462 e. The molecule has 1 aromatic carbocycles. The summed E-state index contributed by atoms with van der Waals surface area (Å²) in [6.07, 6.45) is -7.54. The van der Waals surface area contributed by atoms with Gasteiger partial charge in [0.25, 0.3) is 0 Å². The Morgan fingerprint density at radius 1 is 1.03 bits per heavy atom. The molecule has 1 aliphatic rings. The molecule has 7 nitrogen and oxygen atoms in total. The average Bonchev–Trinajstić information content (AvgIpc) is 2.68. The fourth-order valence-corrected chi connectivity index (χ4v) is 2.71. The molecule has 2 rings (SSSR count). The highest BCUT2D eigenvalue weighted by molar-refractivity contribution is 5.76. The summed E-state index contributed by atoms with van der Waals surface area (Å²) < 4.78 is 36.9. The number of alkyl halides is 1. The Bertz CT molecular complexity index is 739. The van der Waals surface area contributed by atoms with Crippen LogP contribution in [0.3, 0.4) is 0 Å². The van der Waals surface area contributed by atoms with Crippen LogP contribution in [0.1, 0.15) is 47.1 Å². The van der Waals surface area contributed by atoms with Gasteiger partial charge < -0.3 is 24.1 Å². The van der Waals surface area contributed by atoms with Crippen LogP contribution >= 0.6 is 0 Å². The van der Waals surface area contributed by atoms with Crippen molar-refractivity contribution in [1.29, 1.82) is 0 Å². The van der Waals surface area contributed by atoms with Gasteiger partial charge >= 0.3 is 11.9 Å². The minimum atomic E-state index is -1.91. The van der Waals surface area contributed by atoms with E-state index in [2.05, 4.69) is 0 Å². The molecule has 0 saturated carbocycles. The highest BCUT2D eigenvalue weighted by Gasteiger charge is 2.50. The molecule has 174 valence electrons. The van der Waals surface area contributed by atoms with Gasteiger partial charge in [-0.05, 0) is 47.1 Å². The van der Waals surface area contributed by atoms with Crippen LogP contribution in [0.4, 0.5) is 4.39 Å². The van der Waals surface area contributed by atoms with Crippen LogP contribution in [-0.2, 0) is 35.1 Å². The van der Waals surface area contributed by atoms with Crippen molar-refractivity contribution in [2.45, 2.75) is 78.9 Å². The molecule has 31 heavy (non-hydrogen) atoms. The van der Waals surface area contributed by atoms with E-state index in [0.29, 0.717) is 0 Å². The molecule has 1 saturated heterocycles. The normalized spacial score (nSPS) is 26.9. The van der Waals surface area contributed by atoms with Crippen molar-refractivity contribution in [3.63, 3.8) is 0 Å². The molecule has 1 N–H and O–H groups in total. The molecule has 5 atom stereocenters. The molecule has 1 heterocycles. The number of benzene rings is 1. The molecule has 0 spiro atoms. The number of ether oxygens (including phenoxy) is 4. The van der Waals surface area contributed by atoms with Crippen LogP contribution in [0.5, 0.6) is 0 Å². The fraction of sp³-hybridized carbons (Fsp3) is 0.652. The number of carbonyl (C=O) groups excluding carboxylic acids is 2. The van der Waals surface area contributed by atoms with Crippen molar-refractivity contribution in [3.8, 4) is 0 Å². The highest BCUT2D eigenvalue weighted by Crippen LogP contribution is 2.30. The zero-order chi connectivity index (χ0) is 23.4. The van der Waals surface area contributed by atoms with Gasteiger partial charge in [-0.2, -0.15) is 0 Å². The van der Waals surface area contributed by atoms with Gasteiger partial charge in [-0.15, -0.1) is 0 Å². The van der Waals surface area contributed by atoms with Gasteiger partial charge in [0, 0.05) is 0 Å². The summed E-state index contributed by atoms with van der Waals surface area (Å²) in [4.78, 5) is 24.4. The zero-order valence-electron chi connectivity index (χ0n) is 19.0. The van der Waals surface area contributed by atoms with E-state index in [9.17, 15) is 14.7 Å². The fourth-order valence-electron chi connectivity index (χ4n) is 2.71. The first-order chi connectivity index (χ1) is 14.3. The monoisotopic (exact) mass is 440 g/mol. The lowest BCUT2D eigenvalue weighted by molar-refractivity contribution is -0.298. The van der Waals surface area contributed by atoms with Crippen LogP contribution in [0, 0.1) is 10.8 Å². The third-order valence-corrected chi connectivity index (χ3v) is 4.70. The largest absolute Gasteiger partial charge is 0.462 e. The maximum Gasteiger partial charge on any atom is 0.311 e. The van der Waals surface area contributed by atoms with Crippen molar-refractivity contribution >= 4 is 11.9 Å². The smallest absolute Gasteiger partial charge is 0.311 e. The van der Waals surface area contributed by atoms with Gasteiger partial charge in [0.1, 0.15) is 18.8 Å². The van der Waals surface area contributed by atoms with Crippen LogP contribution in [0.25, 0.3) is 0 Å². The summed E-state index contributed by atoms with van der Waals surface area (Å²) in [6, 6.07) is 9.17. The number of halogens is 1. The van der Waals surface area contributed by atoms with Crippen LogP contribution < -0.4 is 0 Å². The van der Waals surface area contributed by atoms with Crippen molar-refractivity contribution in [1.82, 2.24) is 0 Å². The molecule has 0 amide bonds. The first-order valence-corrected chi connectivity index (χ1v) is 10.3. The second kappa shape index (κ2) is 10.1. The maximum atomic E-state index is 15.2. The first-order valence-electron chi connectivity index (χ1n) is 10.3.